The maximum Gasteiger partial charge on any atom is 0.268 e. The SMILES string of the molecule is CCn1cc(/C=C(\NC(=O)c2ccccc2OC)C(=O)NC(C)C)c2ccccc21. The quantitative estimate of drug-likeness (QED) is 0.585. The van der Waals surface area contributed by atoms with Gasteiger partial charge in [0.1, 0.15) is 11.4 Å². The van der Waals surface area contributed by atoms with Gasteiger partial charge in [0, 0.05) is 35.2 Å². The van der Waals surface area contributed by atoms with Gasteiger partial charge in [-0.3, -0.25) is 9.59 Å². The van der Waals surface area contributed by atoms with Crippen LogP contribution in [0.1, 0.15) is 36.7 Å². The molecule has 30 heavy (non-hydrogen) atoms. The molecular weight excluding hydrogens is 378 g/mol. The van der Waals surface area contributed by atoms with E-state index in [1.807, 2.05) is 44.3 Å². The number of aromatic nitrogens is 1. The van der Waals surface area contributed by atoms with E-state index in [2.05, 4.69) is 22.1 Å². The third-order valence-corrected chi connectivity index (χ3v) is 4.72. The molecule has 0 fully saturated rings. The number of benzene rings is 2. The summed E-state index contributed by atoms with van der Waals surface area (Å²) in [5.41, 5.74) is 2.48. The van der Waals surface area contributed by atoms with Crippen LogP contribution < -0.4 is 15.4 Å². The Morgan fingerprint density at radius 1 is 1.10 bits per heavy atom. The van der Waals surface area contributed by atoms with Crippen molar-refractivity contribution in [3.05, 3.63) is 71.6 Å². The molecule has 0 aliphatic heterocycles. The lowest BCUT2D eigenvalue weighted by molar-refractivity contribution is -0.118. The summed E-state index contributed by atoms with van der Waals surface area (Å²) in [6, 6.07) is 14.8. The average Bonchev–Trinajstić information content (AvgIpc) is 3.10. The van der Waals surface area contributed by atoms with Gasteiger partial charge < -0.3 is 19.9 Å². The molecule has 0 atom stereocenters. The minimum Gasteiger partial charge on any atom is -0.496 e. The van der Waals surface area contributed by atoms with Crippen LogP contribution in [0.15, 0.2) is 60.4 Å². The molecule has 0 spiro atoms. The van der Waals surface area contributed by atoms with Gasteiger partial charge >= 0.3 is 0 Å². The largest absolute Gasteiger partial charge is 0.496 e. The Morgan fingerprint density at radius 2 is 1.80 bits per heavy atom. The van der Waals surface area contributed by atoms with Crippen LogP contribution in [-0.2, 0) is 11.3 Å². The smallest absolute Gasteiger partial charge is 0.268 e. The normalized spacial score (nSPS) is 11.6. The molecule has 2 amide bonds. The Labute approximate surface area is 176 Å². The molecule has 2 aromatic carbocycles. The van der Waals surface area contributed by atoms with Crippen molar-refractivity contribution >= 4 is 28.8 Å². The minimum atomic E-state index is -0.406. The standard InChI is InChI=1S/C24H27N3O3/c1-5-27-15-17(18-10-6-8-12-21(18)27)14-20(24(29)25-16(2)3)26-23(28)19-11-7-9-13-22(19)30-4/h6-16H,5H2,1-4H3,(H,25,29)(H,26,28)/b20-14-. The van der Waals surface area contributed by atoms with Crippen molar-refractivity contribution in [1.82, 2.24) is 15.2 Å². The number of ether oxygens (including phenoxy) is 1. The van der Waals surface area contributed by atoms with Crippen molar-refractivity contribution in [2.75, 3.05) is 7.11 Å². The predicted molar refractivity (Wildman–Crippen MR) is 119 cm³/mol. The lowest BCUT2D eigenvalue weighted by atomic mass is 10.1. The summed E-state index contributed by atoms with van der Waals surface area (Å²) >= 11 is 0. The highest BCUT2D eigenvalue weighted by atomic mass is 16.5. The van der Waals surface area contributed by atoms with Gasteiger partial charge in [-0.25, -0.2) is 0 Å². The van der Waals surface area contributed by atoms with E-state index >= 15 is 0 Å². The van der Waals surface area contributed by atoms with Crippen LogP contribution in [0.25, 0.3) is 17.0 Å². The monoisotopic (exact) mass is 405 g/mol. The highest BCUT2D eigenvalue weighted by Crippen LogP contribution is 2.24. The third kappa shape index (κ3) is 4.54. The van der Waals surface area contributed by atoms with Crippen LogP contribution in [0.4, 0.5) is 0 Å². The zero-order chi connectivity index (χ0) is 21.7. The molecule has 156 valence electrons. The van der Waals surface area contributed by atoms with E-state index in [9.17, 15) is 9.59 Å². The van der Waals surface area contributed by atoms with Gasteiger partial charge in [-0.05, 0) is 45.0 Å². The number of aryl methyl sites for hydroxylation is 1. The number of methoxy groups -OCH3 is 1. The zero-order valence-corrected chi connectivity index (χ0v) is 17.7. The number of nitrogens with zero attached hydrogens (tertiary/aromatic N) is 1. The number of amides is 2. The summed E-state index contributed by atoms with van der Waals surface area (Å²) < 4.78 is 7.39. The predicted octanol–water partition coefficient (Wildman–Crippen LogP) is 3.97. The Bertz CT molecular complexity index is 1100. The number of rotatable bonds is 7. The van der Waals surface area contributed by atoms with Crippen LogP contribution in [0, 0.1) is 0 Å². The second kappa shape index (κ2) is 9.31. The molecule has 2 N–H and O–H groups in total. The van der Waals surface area contributed by atoms with Gasteiger partial charge in [-0.1, -0.05) is 30.3 Å². The lowest BCUT2D eigenvalue weighted by Crippen LogP contribution is -2.38. The molecule has 0 bridgehead atoms. The number of fused-ring (bicyclic) bond motifs is 1. The maximum atomic E-state index is 12.9. The number of hydrogen-bond donors (Lipinski definition) is 2. The molecule has 6 heteroatoms. The summed E-state index contributed by atoms with van der Waals surface area (Å²) in [4.78, 5) is 25.8. The van der Waals surface area contributed by atoms with Gasteiger partial charge in [0.25, 0.3) is 11.8 Å². The Balaban J connectivity index is 2.03. The molecule has 3 rings (SSSR count). The third-order valence-electron chi connectivity index (χ3n) is 4.72. The van der Waals surface area contributed by atoms with Crippen LogP contribution in [0.3, 0.4) is 0 Å². The number of nitrogens with one attached hydrogen (secondary N) is 2. The molecule has 0 radical (unpaired) electrons. The molecule has 0 saturated carbocycles. The molecule has 0 unspecified atom stereocenters. The molecule has 6 nitrogen and oxygen atoms in total. The summed E-state index contributed by atoms with van der Waals surface area (Å²) in [7, 11) is 1.51. The summed E-state index contributed by atoms with van der Waals surface area (Å²) in [5.74, 6) is -0.306. The fraction of sp³-hybridized carbons (Fsp3) is 0.250. The van der Waals surface area contributed by atoms with Gasteiger partial charge in [-0.2, -0.15) is 0 Å². The van der Waals surface area contributed by atoms with E-state index in [0.717, 1.165) is 23.0 Å². The first-order valence-electron chi connectivity index (χ1n) is 9.99. The van der Waals surface area contributed by atoms with Crippen molar-refractivity contribution in [1.29, 1.82) is 0 Å². The van der Waals surface area contributed by atoms with E-state index in [4.69, 9.17) is 4.74 Å². The molecular formula is C24H27N3O3. The van der Waals surface area contributed by atoms with Crippen LogP contribution in [0.5, 0.6) is 5.75 Å². The van der Waals surface area contributed by atoms with E-state index in [1.165, 1.54) is 7.11 Å². The van der Waals surface area contributed by atoms with Crippen molar-refractivity contribution in [3.63, 3.8) is 0 Å². The Hall–Kier alpha value is -3.54. The van der Waals surface area contributed by atoms with Gasteiger partial charge in [0.05, 0.1) is 12.7 Å². The fourth-order valence-corrected chi connectivity index (χ4v) is 3.33. The van der Waals surface area contributed by atoms with Crippen molar-refractivity contribution in [3.8, 4) is 5.75 Å². The molecule has 3 aromatic rings. The second-order valence-electron chi connectivity index (χ2n) is 7.23. The van der Waals surface area contributed by atoms with Gasteiger partial charge in [-0.15, -0.1) is 0 Å². The molecule has 0 aliphatic carbocycles. The van der Waals surface area contributed by atoms with Gasteiger partial charge in [0.15, 0.2) is 0 Å². The van der Waals surface area contributed by atoms with Gasteiger partial charge in [0.2, 0.25) is 0 Å². The number of para-hydroxylation sites is 2. The Morgan fingerprint density at radius 3 is 2.50 bits per heavy atom. The van der Waals surface area contributed by atoms with Crippen molar-refractivity contribution < 1.29 is 14.3 Å². The zero-order valence-electron chi connectivity index (χ0n) is 17.7. The lowest BCUT2D eigenvalue weighted by Gasteiger charge is -2.14. The fourth-order valence-electron chi connectivity index (χ4n) is 3.33. The number of carbonyl (C=O) groups is 2. The first-order valence-corrected chi connectivity index (χ1v) is 9.99. The van der Waals surface area contributed by atoms with E-state index in [0.29, 0.717) is 11.3 Å². The summed E-state index contributed by atoms with van der Waals surface area (Å²) in [6.07, 6.45) is 3.71. The molecule has 1 aromatic heterocycles. The second-order valence-corrected chi connectivity index (χ2v) is 7.23. The van der Waals surface area contributed by atoms with E-state index < -0.39 is 5.91 Å². The van der Waals surface area contributed by atoms with E-state index in [-0.39, 0.29) is 17.6 Å². The highest BCUT2D eigenvalue weighted by Gasteiger charge is 2.19. The van der Waals surface area contributed by atoms with E-state index in [1.54, 1.807) is 30.3 Å². The molecule has 1 heterocycles. The van der Waals surface area contributed by atoms with Crippen LogP contribution in [-0.4, -0.2) is 29.5 Å². The number of hydrogen-bond acceptors (Lipinski definition) is 3. The summed E-state index contributed by atoms with van der Waals surface area (Å²) in [5, 5.41) is 6.65. The topological polar surface area (TPSA) is 72.4 Å². The Kier molecular flexibility index (Phi) is 6.57. The average molecular weight is 405 g/mol. The molecule has 0 aliphatic rings. The first-order chi connectivity index (χ1) is 14.4. The van der Waals surface area contributed by atoms with Crippen molar-refractivity contribution in [2.24, 2.45) is 0 Å². The highest BCUT2D eigenvalue weighted by molar-refractivity contribution is 6.07. The molecule has 0 saturated heterocycles. The minimum absolute atomic E-state index is 0.0685. The van der Waals surface area contributed by atoms with Crippen LogP contribution >= 0.6 is 0 Å². The summed E-state index contributed by atoms with van der Waals surface area (Å²) in [6.45, 7) is 6.62. The van der Waals surface area contributed by atoms with Crippen molar-refractivity contribution in [2.45, 2.75) is 33.4 Å². The van der Waals surface area contributed by atoms with Crippen LogP contribution in [0.2, 0.25) is 0 Å². The number of carbonyl (C=O) groups excluding carboxylic acids is 2. The first kappa shape index (κ1) is 21.2. The maximum absolute atomic E-state index is 12.9.